The van der Waals surface area contributed by atoms with Crippen LogP contribution in [0.4, 0.5) is 0 Å². The van der Waals surface area contributed by atoms with Gasteiger partial charge in [0, 0.05) is 5.92 Å². The van der Waals surface area contributed by atoms with Gasteiger partial charge in [-0.1, -0.05) is 69.3 Å². The van der Waals surface area contributed by atoms with Gasteiger partial charge in [-0.15, -0.1) is 0 Å². The van der Waals surface area contributed by atoms with Gasteiger partial charge >= 0.3 is 11.9 Å². The molecule has 2 saturated carbocycles. The van der Waals surface area contributed by atoms with Crippen molar-refractivity contribution in [1.29, 1.82) is 0 Å². The van der Waals surface area contributed by atoms with E-state index >= 15 is 0 Å². The van der Waals surface area contributed by atoms with Crippen LogP contribution in [0.1, 0.15) is 54.8 Å². The van der Waals surface area contributed by atoms with Crippen molar-refractivity contribution in [2.45, 2.75) is 51.9 Å². The fourth-order valence-electron chi connectivity index (χ4n) is 8.14. The Kier molecular flexibility index (Phi) is 6.40. The topological polar surface area (TPSA) is 110 Å². The number of fused-ring (bicyclic) bond motifs is 3. The van der Waals surface area contributed by atoms with E-state index in [1.54, 1.807) is 79.7 Å². The van der Waals surface area contributed by atoms with Crippen molar-refractivity contribution in [1.82, 2.24) is 0 Å². The number of hydrogen-bond donors (Lipinski definition) is 2. The summed E-state index contributed by atoms with van der Waals surface area (Å²) in [6.07, 6.45) is 1.22. The molecule has 7 heteroatoms. The molecule has 2 bridgehead atoms. The molecule has 0 radical (unpaired) electrons. The second-order valence-electron chi connectivity index (χ2n) is 12.8. The maximum absolute atomic E-state index is 14.7. The molecule has 1 spiro atoms. The van der Waals surface area contributed by atoms with E-state index in [-0.39, 0.29) is 41.1 Å². The van der Waals surface area contributed by atoms with Crippen LogP contribution in [0.15, 0.2) is 84.0 Å². The first kappa shape index (κ1) is 27.6. The molecule has 0 amide bonds. The quantitative estimate of drug-likeness (QED) is 0.411. The Morgan fingerprint density at radius 3 is 2.17 bits per heavy atom. The Balaban J connectivity index is 1.43. The highest BCUT2D eigenvalue weighted by molar-refractivity contribution is 5.96. The SMILES string of the molecule is CC1=C[C@@]23C(=O)[C@H](C=C(COC(=O)c4ccccc4)[C@@H](O)[C@]2(O)[C@H]1OC(=O)c1ccccc1)[C@H]1[C@@H](C[C@H]3C)C1(C)C. The second kappa shape index (κ2) is 9.50. The van der Waals surface area contributed by atoms with Gasteiger partial charge in [-0.2, -0.15) is 0 Å². The van der Waals surface area contributed by atoms with Crippen molar-refractivity contribution in [2.75, 3.05) is 6.61 Å². The summed E-state index contributed by atoms with van der Waals surface area (Å²) in [5.74, 6) is -2.11. The highest BCUT2D eigenvalue weighted by atomic mass is 16.6. The van der Waals surface area contributed by atoms with E-state index in [4.69, 9.17) is 9.47 Å². The Labute approximate surface area is 239 Å². The predicted molar refractivity (Wildman–Crippen MR) is 151 cm³/mol. The third-order valence-corrected chi connectivity index (χ3v) is 10.3. The number of esters is 2. The average Bonchev–Trinajstić information content (AvgIpc) is 3.46. The molecule has 41 heavy (non-hydrogen) atoms. The lowest BCUT2D eigenvalue weighted by atomic mass is 9.59. The van der Waals surface area contributed by atoms with Crippen molar-refractivity contribution in [3.05, 3.63) is 95.1 Å². The van der Waals surface area contributed by atoms with Crippen LogP contribution >= 0.6 is 0 Å². The number of allylic oxidation sites excluding steroid dienone is 1. The van der Waals surface area contributed by atoms with Gasteiger partial charge in [-0.05, 0) is 71.9 Å². The maximum atomic E-state index is 14.7. The zero-order chi connectivity index (χ0) is 29.3. The van der Waals surface area contributed by atoms with E-state index in [2.05, 4.69) is 13.8 Å². The van der Waals surface area contributed by atoms with E-state index in [1.807, 2.05) is 6.92 Å². The number of aliphatic hydroxyl groups is 2. The molecule has 2 aromatic rings. The van der Waals surface area contributed by atoms with Crippen LogP contribution in [0, 0.1) is 34.5 Å². The summed E-state index contributed by atoms with van der Waals surface area (Å²) in [5.41, 5.74) is -2.40. The van der Waals surface area contributed by atoms with Crippen molar-refractivity contribution >= 4 is 17.7 Å². The van der Waals surface area contributed by atoms with Crippen LogP contribution in [0.3, 0.4) is 0 Å². The molecule has 0 heterocycles. The summed E-state index contributed by atoms with van der Waals surface area (Å²) in [6.45, 7) is 7.64. The predicted octanol–water partition coefficient (Wildman–Crippen LogP) is 4.54. The highest BCUT2D eigenvalue weighted by Crippen LogP contribution is 2.71. The minimum atomic E-state index is -2.20. The zero-order valence-corrected chi connectivity index (χ0v) is 23.7. The molecule has 2 aromatic carbocycles. The summed E-state index contributed by atoms with van der Waals surface area (Å²) in [6, 6.07) is 16.9. The number of benzene rings is 2. The van der Waals surface area contributed by atoms with Crippen LogP contribution in [-0.2, 0) is 14.3 Å². The highest BCUT2D eigenvalue weighted by Gasteiger charge is 2.76. The van der Waals surface area contributed by atoms with E-state index in [9.17, 15) is 24.6 Å². The zero-order valence-electron chi connectivity index (χ0n) is 23.7. The first-order chi connectivity index (χ1) is 19.4. The lowest BCUT2D eigenvalue weighted by Gasteiger charge is -2.48. The molecule has 0 aliphatic heterocycles. The fourth-order valence-corrected chi connectivity index (χ4v) is 8.14. The van der Waals surface area contributed by atoms with Crippen molar-refractivity contribution in [3.63, 3.8) is 0 Å². The standard InChI is InChI=1S/C34H36O7/c1-19-17-33-20(2)15-25-26(32(25,3)4)24(28(33)36)16-23(18-40-30(37)21-11-7-5-8-12-21)27(35)34(33,39)29(19)41-31(38)22-13-9-6-10-14-22/h5-14,16-17,20,24-27,29,35,39H,15,18H2,1-4H3/t20-,24-,25-,26+,27-,29+,33-,34+/m1/s1. The molecule has 8 atom stereocenters. The smallest absolute Gasteiger partial charge is 0.338 e. The lowest BCUT2D eigenvalue weighted by Crippen LogP contribution is -2.65. The first-order valence-corrected chi connectivity index (χ1v) is 14.3. The normalized spacial score (nSPS) is 36.5. The van der Waals surface area contributed by atoms with E-state index in [1.165, 1.54) is 0 Å². The number of Topliss-reactive ketones (excluding diaryl/α,β-unsaturated/α-hetero) is 1. The number of hydrogen-bond acceptors (Lipinski definition) is 7. The molecular weight excluding hydrogens is 520 g/mol. The molecule has 2 fully saturated rings. The number of aliphatic hydroxyl groups excluding tert-OH is 1. The number of ether oxygens (including phenoxy) is 2. The van der Waals surface area contributed by atoms with Crippen molar-refractivity contribution in [3.8, 4) is 0 Å². The Morgan fingerprint density at radius 2 is 1.56 bits per heavy atom. The molecule has 0 aromatic heterocycles. The third-order valence-electron chi connectivity index (χ3n) is 10.3. The van der Waals surface area contributed by atoms with Crippen molar-refractivity contribution < 1.29 is 34.1 Å². The second-order valence-corrected chi connectivity index (χ2v) is 12.8. The van der Waals surface area contributed by atoms with Gasteiger partial charge in [0.2, 0.25) is 0 Å². The molecule has 4 aliphatic rings. The van der Waals surface area contributed by atoms with Crippen LogP contribution in [0.25, 0.3) is 0 Å². The molecule has 2 N–H and O–H groups in total. The van der Waals surface area contributed by atoms with Crippen molar-refractivity contribution in [2.24, 2.45) is 34.5 Å². The van der Waals surface area contributed by atoms with Gasteiger partial charge in [0.05, 0.1) is 16.5 Å². The molecule has 4 aliphatic carbocycles. The molecule has 214 valence electrons. The molecule has 6 rings (SSSR count). The van der Waals surface area contributed by atoms with Gasteiger partial charge in [0.25, 0.3) is 0 Å². The number of rotatable bonds is 5. The van der Waals surface area contributed by atoms with Crippen LogP contribution < -0.4 is 0 Å². The number of carbonyl (C=O) groups is 3. The first-order valence-electron chi connectivity index (χ1n) is 14.3. The fraction of sp³-hybridized carbons (Fsp3) is 0.441. The van der Waals surface area contributed by atoms with Gasteiger partial charge in [-0.25, -0.2) is 9.59 Å². The van der Waals surface area contributed by atoms with Crippen LogP contribution in [0.2, 0.25) is 0 Å². The summed E-state index contributed by atoms with van der Waals surface area (Å²) in [4.78, 5) is 40.8. The van der Waals surface area contributed by atoms with Crippen LogP contribution in [0.5, 0.6) is 0 Å². The minimum Gasteiger partial charge on any atom is -0.457 e. The average molecular weight is 557 g/mol. The van der Waals surface area contributed by atoms with Gasteiger partial charge in [0.15, 0.2) is 17.5 Å². The van der Waals surface area contributed by atoms with Crippen LogP contribution in [-0.4, -0.2) is 52.4 Å². The number of ketones is 1. The van der Waals surface area contributed by atoms with Gasteiger partial charge in [0.1, 0.15) is 12.7 Å². The Morgan fingerprint density at radius 1 is 0.976 bits per heavy atom. The molecule has 7 nitrogen and oxygen atoms in total. The van der Waals surface area contributed by atoms with E-state index in [0.717, 1.165) is 0 Å². The molecular formula is C34H36O7. The summed E-state index contributed by atoms with van der Waals surface area (Å²) < 4.78 is 11.6. The van der Waals surface area contributed by atoms with E-state index < -0.39 is 41.1 Å². The summed E-state index contributed by atoms with van der Waals surface area (Å²) >= 11 is 0. The molecule has 0 saturated heterocycles. The Bertz CT molecular complexity index is 1460. The Hall–Kier alpha value is -3.55. The minimum absolute atomic E-state index is 0.0193. The van der Waals surface area contributed by atoms with Gasteiger partial charge < -0.3 is 19.7 Å². The van der Waals surface area contributed by atoms with Gasteiger partial charge in [-0.3, -0.25) is 4.79 Å². The monoisotopic (exact) mass is 556 g/mol. The summed E-state index contributed by atoms with van der Waals surface area (Å²) in [7, 11) is 0. The number of carbonyl (C=O) groups excluding carboxylic acids is 3. The lowest BCUT2D eigenvalue weighted by molar-refractivity contribution is -0.190. The third kappa shape index (κ3) is 3.89. The summed E-state index contributed by atoms with van der Waals surface area (Å²) in [5, 5.41) is 24.8. The van der Waals surface area contributed by atoms with E-state index in [0.29, 0.717) is 23.1 Å². The maximum Gasteiger partial charge on any atom is 0.338 e. The largest absolute Gasteiger partial charge is 0.457 e. The molecule has 0 unspecified atom stereocenters.